The Balaban J connectivity index is 2.08. The number of fused-ring (bicyclic) bond motifs is 1. The van der Waals surface area contributed by atoms with E-state index in [2.05, 4.69) is 5.32 Å². The highest BCUT2D eigenvalue weighted by molar-refractivity contribution is 7.98. The smallest absolute Gasteiger partial charge is 0.241 e. The van der Waals surface area contributed by atoms with E-state index in [9.17, 15) is 9.59 Å². The van der Waals surface area contributed by atoms with Gasteiger partial charge in [-0.2, -0.15) is 11.8 Å². The second kappa shape index (κ2) is 7.65. The van der Waals surface area contributed by atoms with E-state index in [0.29, 0.717) is 6.42 Å². The molecule has 1 aliphatic heterocycles. The lowest BCUT2D eigenvalue weighted by molar-refractivity contribution is -0.117. The summed E-state index contributed by atoms with van der Waals surface area (Å²) in [5.41, 5.74) is 8.66. The zero-order valence-electron chi connectivity index (χ0n) is 13.1. The van der Waals surface area contributed by atoms with Crippen LogP contribution in [-0.4, -0.2) is 36.4 Å². The van der Waals surface area contributed by atoms with Crippen LogP contribution in [0.25, 0.3) is 0 Å². The number of hydrogen-bond acceptors (Lipinski definition) is 4. The first-order valence-corrected chi connectivity index (χ1v) is 8.88. The van der Waals surface area contributed by atoms with Crippen LogP contribution < -0.4 is 16.0 Å². The van der Waals surface area contributed by atoms with E-state index in [1.807, 2.05) is 24.5 Å². The second-order valence-electron chi connectivity index (χ2n) is 5.49. The molecule has 2 rings (SSSR count). The number of amides is 2. The predicted octanol–water partition coefficient (Wildman–Crippen LogP) is 2.00. The fourth-order valence-electron chi connectivity index (χ4n) is 2.61. The Hall–Kier alpha value is -1.53. The van der Waals surface area contributed by atoms with Crippen LogP contribution in [0.3, 0.4) is 0 Å². The van der Waals surface area contributed by atoms with E-state index in [4.69, 9.17) is 5.73 Å². The van der Waals surface area contributed by atoms with Crippen molar-refractivity contribution in [2.75, 3.05) is 28.8 Å². The Morgan fingerprint density at radius 2 is 2.23 bits per heavy atom. The standard InChI is InChI=1S/C16H23N3O2S/c1-11(20)19-8-3-4-12-10-13(5-6-15(12)19)18-16(21)14(17)7-9-22-2/h5-6,10,14H,3-4,7-9,17H2,1-2H3,(H,18,21). The number of nitrogens with two attached hydrogens (primary N) is 1. The molecule has 1 aromatic rings. The quantitative estimate of drug-likeness (QED) is 0.870. The van der Waals surface area contributed by atoms with Gasteiger partial charge in [0.1, 0.15) is 0 Å². The highest BCUT2D eigenvalue weighted by Gasteiger charge is 2.20. The zero-order chi connectivity index (χ0) is 16.1. The molecule has 0 saturated carbocycles. The monoisotopic (exact) mass is 321 g/mol. The summed E-state index contributed by atoms with van der Waals surface area (Å²) in [7, 11) is 0. The number of hydrogen-bond donors (Lipinski definition) is 2. The molecule has 1 aliphatic rings. The molecule has 6 heteroatoms. The van der Waals surface area contributed by atoms with Crippen LogP contribution in [-0.2, 0) is 16.0 Å². The fourth-order valence-corrected chi connectivity index (χ4v) is 3.10. The Morgan fingerprint density at radius 3 is 2.91 bits per heavy atom. The summed E-state index contributed by atoms with van der Waals surface area (Å²) in [5, 5.41) is 2.87. The molecule has 2 amide bonds. The molecule has 1 atom stereocenters. The average Bonchev–Trinajstić information content (AvgIpc) is 2.51. The minimum absolute atomic E-state index is 0.0526. The Labute approximate surface area is 135 Å². The Kier molecular flexibility index (Phi) is 5.85. The van der Waals surface area contributed by atoms with Crippen LogP contribution in [0.5, 0.6) is 0 Å². The second-order valence-corrected chi connectivity index (χ2v) is 6.48. The molecular formula is C16H23N3O2S. The normalized spacial score (nSPS) is 15.1. The molecule has 0 radical (unpaired) electrons. The van der Waals surface area contributed by atoms with Crippen LogP contribution in [0.1, 0.15) is 25.3 Å². The first kappa shape index (κ1) is 16.8. The number of thioether (sulfide) groups is 1. The molecule has 0 spiro atoms. The van der Waals surface area contributed by atoms with Crippen LogP contribution >= 0.6 is 11.8 Å². The minimum atomic E-state index is -0.489. The van der Waals surface area contributed by atoms with E-state index in [-0.39, 0.29) is 11.8 Å². The summed E-state index contributed by atoms with van der Waals surface area (Å²) in [5.74, 6) is 0.761. The molecule has 1 unspecified atom stereocenters. The largest absolute Gasteiger partial charge is 0.325 e. The van der Waals surface area contributed by atoms with Crippen molar-refractivity contribution in [1.82, 2.24) is 0 Å². The summed E-state index contributed by atoms with van der Waals surface area (Å²) < 4.78 is 0. The van der Waals surface area contributed by atoms with Crippen LogP contribution in [0.15, 0.2) is 18.2 Å². The number of nitrogens with one attached hydrogen (secondary N) is 1. The maximum atomic E-state index is 12.0. The van der Waals surface area contributed by atoms with Crippen molar-refractivity contribution in [2.24, 2.45) is 5.73 Å². The lowest BCUT2D eigenvalue weighted by Gasteiger charge is -2.29. The molecule has 1 heterocycles. The van der Waals surface area contributed by atoms with Gasteiger partial charge in [0.2, 0.25) is 11.8 Å². The predicted molar refractivity (Wildman–Crippen MR) is 92.4 cm³/mol. The highest BCUT2D eigenvalue weighted by atomic mass is 32.2. The van der Waals surface area contributed by atoms with E-state index >= 15 is 0 Å². The number of rotatable bonds is 5. The maximum Gasteiger partial charge on any atom is 0.241 e. The van der Waals surface area contributed by atoms with Crippen LogP contribution in [0, 0.1) is 0 Å². The van der Waals surface area contributed by atoms with Gasteiger partial charge in [-0.25, -0.2) is 0 Å². The summed E-state index contributed by atoms with van der Waals surface area (Å²) in [4.78, 5) is 25.5. The summed E-state index contributed by atoms with van der Waals surface area (Å²) in [6, 6.07) is 5.19. The van der Waals surface area contributed by atoms with Crippen molar-refractivity contribution in [3.63, 3.8) is 0 Å². The van der Waals surface area contributed by atoms with Gasteiger partial charge in [-0.3, -0.25) is 9.59 Å². The number of benzene rings is 1. The van der Waals surface area contributed by atoms with Crippen molar-refractivity contribution in [1.29, 1.82) is 0 Å². The van der Waals surface area contributed by atoms with Crippen molar-refractivity contribution >= 4 is 35.0 Å². The van der Waals surface area contributed by atoms with Crippen LogP contribution in [0.2, 0.25) is 0 Å². The van der Waals surface area contributed by atoms with Crippen molar-refractivity contribution < 1.29 is 9.59 Å². The Morgan fingerprint density at radius 1 is 1.45 bits per heavy atom. The third-order valence-electron chi connectivity index (χ3n) is 3.82. The van der Waals surface area contributed by atoms with Gasteiger partial charge in [-0.05, 0) is 55.0 Å². The topological polar surface area (TPSA) is 75.4 Å². The fraction of sp³-hybridized carbons (Fsp3) is 0.500. The third-order valence-corrected chi connectivity index (χ3v) is 4.46. The van der Waals surface area contributed by atoms with E-state index < -0.39 is 6.04 Å². The van der Waals surface area contributed by atoms with Crippen LogP contribution in [0.4, 0.5) is 11.4 Å². The minimum Gasteiger partial charge on any atom is -0.325 e. The molecule has 0 bridgehead atoms. The lowest BCUT2D eigenvalue weighted by Crippen LogP contribution is -2.36. The van der Waals surface area contributed by atoms with Gasteiger partial charge < -0.3 is 16.0 Å². The molecular weight excluding hydrogens is 298 g/mol. The number of carbonyl (C=O) groups excluding carboxylic acids is 2. The molecule has 120 valence electrons. The first-order valence-electron chi connectivity index (χ1n) is 7.49. The van der Waals surface area contributed by atoms with Gasteiger partial charge in [0.15, 0.2) is 0 Å². The molecule has 5 nitrogen and oxygen atoms in total. The molecule has 3 N–H and O–H groups in total. The zero-order valence-corrected chi connectivity index (χ0v) is 13.9. The SMILES string of the molecule is CSCCC(N)C(=O)Nc1ccc2c(c1)CCCN2C(C)=O. The molecule has 0 saturated heterocycles. The number of anilines is 2. The average molecular weight is 321 g/mol. The summed E-state index contributed by atoms with van der Waals surface area (Å²) in [6.07, 6.45) is 4.52. The molecule has 1 aromatic carbocycles. The van der Waals surface area contributed by atoms with Crippen molar-refractivity contribution in [3.05, 3.63) is 23.8 Å². The lowest BCUT2D eigenvalue weighted by atomic mass is 10.0. The molecule has 0 fully saturated rings. The van der Waals surface area contributed by atoms with Gasteiger partial charge in [0, 0.05) is 24.8 Å². The number of carbonyl (C=O) groups is 2. The summed E-state index contributed by atoms with van der Waals surface area (Å²) in [6.45, 7) is 2.34. The van der Waals surface area contributed by atoms with Gasteiger partial charge in [0.25, 0.3) is 0 Å². The van der Waals surface area contributed by atoms with Gasteiger partial charge in [-0.15, -0.1) is 0 Å². The summed E-state index contributed by atoms with van der Waals surface area (Å²) >= 11 is 1.68. The first-order chi connectivity index (χ1) is 10.5. The van der Waals surface area contributed by atoms with E-state index in [0.717, 1.165) is 42.1 Å². The van der Waals surface area contributed by atoms with Crippen molar-refractivity contribution in [2.45, 2.75) is 32.2 Å². The Bertz CT molecular complexity index is 562. The third kappa shape index (κ3) is 4.01. The number of nitrogens with zero attached hydrogens (tertiary/aromatic N) is 1. The maximum absolute atomic E-state index is 12.0. The highest BCUT2D eigenvalue weighted by Crippen LogP contribution is 2.29. The number of aryl methyl sites for hydroxylation is 1. The molecule has 22 heavy (non-hydrogen) atoms. The van der Waals surface area contributed by atoms with Gasteiger partial charge >= 0.3 is 0 Å². The molecule has 0 aliphatic carbocycles. The van der Waals surface area contributed by atoms with Crippen molar-refractivity contribution in [3.8, 4) is 0 Å². The van der Waals surface area contributed by atoms with E-state index in [1.165, 1.54) is 0 Å². The van der Waals surface area contributed by atoms with Gasteiger partial charge in [0.05, 0.1) is 6.04 Å². The molecule has 0 aromatic heterocycles. The van der Waals surface area contributed by atoms with E-state index in [1.54, 1.807) is 23.6 Å². The van der Waals surface area contributed by atoms with Gasteiger partial charge in [-0.1, -0.05) is 0 Å².